The van der Waals surface area contributed by atoms with Gasteiger partial charge in [-0.1, -0.05) is 25.5 Å². The van der Waals surface area contributed by atoms with E-state index < -0.39 is 6.10 Å². The minimum atomic E-state index is -0.497. The summed E-state index contributed by atoms with van der Waals surface area (Å²) in [7, 11) is 1.71. The molecule has 1 unspecified atom stereocenters. The molecule has 0 aromatic heterocycles. The van der Waals surface area contributed by atoms with Crippen molar-refractivity contribution in [1.82, 2.24) is 4.90 Å². The van der Waals surface area contributed by atoms with Crippen LogP contribution in [-0.2, 0) is 6.42 Å². The second kappa shape index (κ2) is 7.17. The molecule has 18 heavy (non-hydrogen) atoms. The van der Waals surface area contributed by atoms with Crippen LogP contribution in [-0.4, -0.2) is 35.6 Å². The third-order valence-corrected chi connectivity index (χ3v) is 2.90. The third kappa shape index (κ3) is 4.49. The van der Waals surface area contributed by atoms with Crippen LogP contribution in [0.25, 0.3) is 0 Å². The zero-order valence-electron chi connectivity index (χ0n) is 11.5. The Hall–Kier alpha value is -1.35. The lowest BCUT2D eigenvalue weighted by molar-refractivity contribution is 0.0703. The first-order valence-corrected chi connectivity index (χ1v) is 6.57. The number of aryl methyl sites for hydroxylation is 1. The predicted molar refractivity (Wildman–Crippen MR) is 73.7 cm³/mol. The van der Waals surface area contributed by atoms with Gasteiger partial charge in [0.25, 0.3) is 5.91 Å². The van der Waals surface area contributed by atoms with Gasteiger partial charge in [0.2, 0.25) is 0 Å². The van der Waals surface area contributed by atoms with Crippen LogP contribution in [0.2, 0.25) is 0 Å². The average Bonchev–Trinajstić information content (AvgIpc) is 2.35. The SMILES string of the molecule is CCCCc1ccc(C(=O)N(C)CC(C)O)cc1. The van der Waals surface area contributed by atoms with Gasteiger partial charge >= 0.3 is 0 Å². The van der Waals surface area contributed by atoms with Crippen LogP contribution in [0.5, 0.6) is 0 Å². The smallest absolute Gasteiger partial charge is 0.253 e. The Morgan fingerprint density at radius 1 is 1.33 bits per heavy atom. The van der Waals surface area contributed by atoms with E-state index in [2.05, 4.69) is 6.92 Å². The topological polar surface area (TPSA) is 40.5 Å². The number of aliphatic hydroxyl groups is 1. The highest BCUT2D eigenvalue weighted by Gasteiger charge is 2.12. The zero-order valence-corrected chi connectivity index (χ0v) is 11.5. The number of aliphatic hydroxyl groups excluding tert-OH is 1. The maximum Gasteiger partial charge on any atom is 0.253 e. The number of likely N-dealkylation sites (N-methyl/N-ethyl adjacent to an activating group) is 1. The van der Waals surface area contributed by atoms with Crippen molar-refractivity contribution in [3.63, 3.8) is 0 Å². The van der Waals surface area contributed by atoms with Crippen molar-refractivity contribution in [1.29, 1.82) is 0 Å². The van der Waals surface area contributed by atoms with Crippen molar-refractivity contribution >= 4 is 5.91 Å². The molecule has 0 spiro atoms. The van der Waals surface area contributed by atoms with Gasteiger partial charge in [0.05, 0.1) is 6.10 Å². The lowest BCUT2D eigenvalue weighted by atomic mass is 10.1. The Labute approximate surface area is 109 Å². The van der Waals surface area contributed by atoms with Crippen molar-refractivity contribution in [2.24, 2.45) is 0 Å². The monoisotopic (exact) mass is 249 g/mol. The van der Waals surface area contributed by atoms with Crippen molar-refractivity contribution in [2.75, 3.05) is 13.6 Å². The molecule has 0 aliphatic carbocycles. The van der Waals surface area contributed by atoms with E-state index in [1.54, 1.807) is 18.9 Å². The summed E-state index contributed by atoms with van der Waals surface area (Å²) in [6, 6.07) is 7.76. The highest BCUT2D eigenvalue weighted by Crippen LogP contribution is 2.10. The molecule has 100 valence electrons. The fraction of sp³-hybridized carbons (Fsp3) is 0.533. The van der Waals surface area contributed by atoms with Crippen molar-refractivity contribution in [3.8, 4) is 0 Å². The summed E-state index contributed by atoms with van der Waals surface area (Å²) in [6.07, 6.45) is 2.92. The van der Waals surface area contributed by atoms with Crippen LogP contribution < -0.4 is 0 Å². The third-order valence-electron chi connectivity index (χ3n) is 2.90. The number of carbonyl (C=O) groups is 1. The fourth-order valence-corrected chi connectivity index (χ4v) is 1.89. The molecule has 1 aromatic carbocycles. The maximum absolute atomic E-state index is 12.0. The molecule has 0 fully saturated rings. The number of hydrogen-bond acceptors (Lipinski definition) is 2. The Bertz CT molecular complexity index is 371. The Balaban J connectivity index is 2.63. The second-order valence-corrected chi connectivity index (χ2v) is 4.84. The number of unbranched alkanes of at least 4 members (excludes halogenated alkanes) is 1. The summed E-state index contributed by atoms with van der Waals surface area (Å²) in [5.74, 6) is -0.0436. The molecule has 0 heterocycles. The molecule has 0 bridgehead atoms. The van der Waals surface area contributed by atoms with E-state index in [1.807, 2.05) is 24.3 Å². The minimum absolute atomic E-state index is 0.0436. The van der Waals surface area contributed by atoms with Crippen LogP contribution >= 0.6 is 0 Å². The van der Waals surface area contributed by atoms with Crippen LogP contribution in [0.15, 0.2) is 24.3 Å². The first kappa shape index (κ1) is 14.7. The van der Waals surface area contributed by atoms with Crippen LogP contribution in [0, 0.1) is 0 Å². The molecule has 0 saturated carbocycles. The number of nitrogens with zero attached hydrogens (tertiary/aromatic N) is 1. The van der Waals surface area contributed by atoms with Gasteiger partial charge in [0.15, 0.2) is 0 Å². The predicted octanol–water partition coefficient (Wildman–Crippen LogP) is 2.48. The minimum Gasteiger partial charge on any atom is -0.392 e. The van der Waals surface area contributed by atoms with Gasteiger partial charge in [0, 0.05) is 19.2 Å². The van der Waals surface area contributed by atoms with Gasteiger partial charge in [-0.05, 0) is 37.5 Å². The normalized spacial score (nSPS) is 12.2. The Morgan fingerprint density at radius 3 is 2.44 bits per heavy atom. The molecule has 3 nitrogen and oxygen atoms in total. The number of amides is 1. The lowest BCUT2D eigenvalue weighted by Gasteiger charge is -2.18. The lowest BCUT2D eigenvalue weighted by Crippen LogP contribution is -2.33. The van der Waals surface area contributed by atoms with E-state index in [0.717, 1.165) is 6.42 Å². The van der Waals surface area contributed by atoms with Gasteiger partial charge in [0.1, 0.15) is 0 Å². The highest BCUT2D eigenvalue weighted by atomic mass is 16.3. The highest BCUT2D eigenvalue weighted by molar-refractivity contribution is 5.94. The van der Waals surface area contributed by atoms with E-state index in [9.17, 15) is 9.90 Å². The number of benzene rings is 1. The van der Waals surface area contributed by atoms with Crippen LogP contribution in [0.1, 0.15) is 42.6 Å². The van der Waals surface area contributed by atoms with E-state index in [1.165, 1.54) is 18.4 Å². The summed E-state index contributed by atoms with van der Waals surface area (Å²) in [5, 5.41) is 9.27. The molecule has 1 aromatic rings. The summed E-state index contributed by atoms with van der Waals surface area (Å²) in [5.41, 5.74) is 1.95. The molecule has 0 radical (unpaired) electrons. The fourth-order valence-electron chi connectivity index (χ4n) is 1.89. The second-order valence-electron chi connectivity index (χ2n) is 4.84. The first-order valence-electron chi connectivity index (χ1n) is 6.57. The summed E-state index contributed by atoms with van der Waals surface area (Å²) in [6.45, 7) is 4.21. The van der Waals surface area contributed by atoms with Crippen LogP contribution in [0.4, 0.5) is 0 Å². The van der Waals surface area contributed by atoms with Gasteiger partial charge in [-0.2, -0.15) is 0 Å². The van der Waals surface area contributed by atoms with E-state index in [4.69, 9.17) is 0 Å². The Morgan fingerprint density at radius 2 is 1.94 bits per heavy atom. The molecular weight excluding hydrogens is 226 g/mol. The van der Waals surface area contributed by atoms with E-state index >= 15 is 0 Å². The number of carbonyl (C=O) groups excluding carboxylic acids is 1. The zero-order chi connectivity index (χ0) is 13.5. The number of rotatable bonds is 6. The molecular formula is C15H23NO2. The van der Waals surface area contributed by atoms with Crippen molar-refractivity contribution < 1.29 is 9.90 Å². The molecule has 1 atom stereocenters. The molecule has 0 aliphatic rings. The van der Waals surface area contributed by atoms with Gasteiger partial charge in [-0.3, -0.25) is 4.79 Å². The van der Waals surface area contributed by atoms with Crippen molar-refractivity contribution in [2.45, 2.75) is 39.2 Å². The Kier molecular flexibility index (Phi) is 5.86. The largest absolute Gasteiger partial charge is 0.392 e. The maximum atomic E-state index is 12.0. The van der Waals surface area contributed by atoms with E-state index in [0.29, 0.717) is 12.1 Å². The first-order chi connectivity index (χ1) is 8.54. The molecule has 1 amide bonds. The quantitative estimate of drug-likeness (QED) is 0.841. The standard InChI is InChI=1S/C15H23NO2/c1-4-5-6-13-7-9-14(10-8-13)15(18)16(3)11-12(2)17/h7-10,12,17H,4-6,11H2,1-3H3. The van der Waals surface area contributed by atoms with Gasteiger partial charge in [-0.25, -0.2) is 0 Å². The molecule has 3 heteroatoms. The summed E-state index contributed by atoms with van der Waals surface area (Å²) in [4.78, 5) is 13.6. The molecule has 0 saturated heterocycles. The summed E-state index contributed by atoms with van der Waals surface area (Å²) >= 11 is 0. The van der Waals surface area contributed by atoms with Crippen molar-refractivity contribution in [3.05, 3.63) is 35.4 Å². The molecule has 1 N–H and O–H groups in total. The number of hydrogen-bond donors (Lipinski definition) is 1. The van der Waals surface area contributed by atoms with Gasteiger partial charge in [-0.15, -0.1) is 0 Å². The van der Waals surface area contributed by atoms with Gasteiger partial charge < -0.3 is 10.0 Å². The molecule has 1 rings (SSSR count). The summed E-state index contributed by atoms with van der Waals surface area (Å²) < 4.78 is 0. The average molecular weight is 249 g/mol. The molecule has 0 aliphatic heterocycles. The van der Waals surface area contributed by atoms with Crippen LogP contribution in [0.3, 0.4) is 0 Å². The van der Waals surface area contributed by atoms with E-state index in [-0.39, 0.29) is 5.91 Å².